The van der Waals surface area contributed by atoms with Crippen LogP contribution in [-0.2, 0) is 6.54 Å². The van der Waals surface area contributed by atoms with E-state index in [9.17, 15) is 0 Å². The Morgan fingerprint density at radius 2 is 2.28 bits per heavy atom. The van der Waals surface area contributed by atoms with E-state index < -0.39 is 0 Å². The van der Waals surface area contributed by atoms with Gasteiger partial charge in [0, 0.05) is 24.7 Å². The highest BCUT2D eigenvalue weighted by Gasteiger charge is 2.13. The van der Waals surface area contributed by atoms with Gasteiger partial charge < -0.3 is 10.9 Å². The molecule has 100 valence electrons. The average Bonchev–Trinajstić information content (AvgIpc) is 2.36. The number of aromatic nitrogens is 1. The Labute approximate surface area is 108 Å². The molecule has 1 aromatic heterocycles. The lowest BCUT2D eigenvalue weighted by Crippen LogP contribution is -2.34. The summed E-state index contributed by atoms with van der Waals surface area (Å²) >= 11 is 0. The lowest BCUT2D eigenvalue weighted by atomic mass is 10.1. The Hall–Kier alpha value is -1.62. The van der Waals surface area contributed by atoms with Gasteiger partial charge in [0.25, 0.3) is 0 Å². The first kappa shape index (κ1) is 14.4. The summed E-state index contributed by atoms with van der Waals surface area (Å²) in [6.45, 7) is 8.46. The standard InChI is InChI=1S/C13H22N4O/c1-4-17(8-10(2)13(14)16-18)9-12-7-5-6-11(3)15-12/h5-7,10,18H,4,8-9H2,1-3H3,(H2,14,16). The summed E-state index contributed by atoms with van der Waals surface area (Å²) in [7, 11) is 0. The van der Waals surface area contributed by atoms with Crippen LogP contribution in [-0.4, -0.2) is 34.0 Å². The second-order valence-corrected chi connectivity index (χ2v) is 4.52. The Morgan fingerprint density at radius 3 is 2.83 bits per heavy atom. The van der Waals surface area contributed by atoms with Crippen LogP contribution in [0.15, 0.2) is 23.4 Å². The molecule has 18 heavy (non-hydrogen) atoms. The van der Waals surface area contributed by atoms with Crippen molar-refractivity contribution >= 4 is 5.84 Å². The lowest BCUT2D eigenvalue weighted by Gasteiger charge is -2.23. The van der Waals surface area contributed by atoms with Crippen molar-refractivity contribution in [2.75, 3.05) is 13.1 Å². The fraction of sp³-hybridized carbons (Fsp3) is 0.538. The molecule has 0 aliphatic heterocycles. The van der Waals surface area contributed by atoms with Crippen molar-refractivity contribution in [3.63, 3.8) is 0 Å². The summed E-state index contributed by atoms with van der Waals surface area (Å²) in [6.07, 6.45) is 0. The van der Waals surface area contributed by atoms with E-state index in [1.807, 2.05) is 32.0 Å². The van der Waals surface area contributed by atoms with Gasteiger partial charge in [0.1, 0.15) is 5.84 Å². The summed E-state index contributed by atoms with van der Waals surface area (Å²) in [6, 6.07) is 6.01. The van der Waals surface area contributed by atoms with Crippen LogP contribution >= 0.6 is 0 Å². The number of amidine groups is 1. The Morgan fingerprint density at radius 1 is 1.56 bits per heavy atom. The van der Waals surface area contributed by atoms with Gasteiger partial charge in [0.2, 0.25) is 0 Å². The van der Waals surface area contributed by atoms with Crippen LogP contribution in [0.3, 0.4) is 0 Å². The topological polar surface area (TPSA) is 74.7 Å². The first-order chi connectivity index (χ1) is 8.56. The van der Waals surface area contributed by atoms with Crippen molar-refractivity contribution in [1.29, 1.82) is 0 Å². The van der Waals surface area contributed by atoms with Crippen LogP contribution in [0, 0.1) is 12.8 Å². The molecule has 1 aromatic rings. The Kier molecular flexibility index (Phi) is 5.58. The maximum atomic E-state index is 8.65. The normalized spacial score (nSPS) is 13.9. The molecule has 0 aliphatic rings. The molecule has 1 heterocycles. The molecule has 0 fully saturated rings. The maximum absolute atomic E-state index is 8.65. The molecular weight excluding hydrogens is 228 g/mol. The second-order valence-electron chi connectivity index (χ2n) is 4.52. The number of hydrogen-bond donors (Lipinski definition) is 2. The van der Waals surface area contributed by atoms with E-state index in [0.717, 1.165) is 31.0 Å². The zero-order chi connectivity index (χ0) is 13.5. The van der Waals surface area contributed by atoms with Crippen molar-refractivity contribution in [3.8, 4) is 0 Å². The molecule has 0 saturated heterocycles. The third-order valence-corrected chi connectivity index (χ3v) is 2.93. The largest absolute Gasteiger partial charge is 0.409 e. The van der Waals surface area contributed by atoms with Crippen LogP contribution in [0.2, 0.25) is 0 Å². The summed E-state index contributed by atoms with van der Waals surface area (Å²) < 4.78 is 0. The number of nitrogens with zero attached hydrogens (tertiary/aromatic N) is 3. The minimum absolute atomic E-state index is 0.0276. The van der Waals surface area contributed by atoms with Crippen LogP contribution in [0.4, 0.5) is 0 Å². The van der Waals surface area contributed by atoms with Crippen LogP contribution < -0.4 is 5.73 Å². The number of oxime groups is 1. The van der Waals surface area contributed by atoms with E-state index >= 15 is 0 Å². The number of nitrogens with two attached hydrogens (primary N) is 1. The molecule has 0 radical (unpaired) electrons. The number of aryl methyl sites for hydroxylation is 1. The maximum Gasteiger partial charge on any atom is 0.143 e. The molecule has 0 amide bonds. The SMILES string of the molecule is CCN(Cc1cccc(C)n1)CC(C)C(N)=NO. The van der Waals surface area contributed by atoms with E-state index in [1.165, 1.54) is 0 Å². The van der Waals surface area contributed by atoms with Crippen molar-refractivity contribution < 1.29 is 5.21 Å². The van der Waals surface area contributed by atoms with Crippen molar-refractivity contribution in [3.05, 3.63) is 29.6 Å². The average molecular weight is 250 g/mol. The van der Waals surface area contributed by atoms with Crippen molar-refractivity contribution in [2.45, 2.75) is 27.3 Å². The second kappa shape index (κ2) is 6.96. The molecule has 1 rings (SSSR count). The Bertz CT molecular complexity index is 406. The van der Waals surface area contributed by atoms with Gasteiger partial charge in [-0.1, -0.05) is 25.1 Å². The molecule has 1 unspecified atom stereocenters. The van der Waals surface area contributed by atoms with E-state index in [4.69, 9.17) is 10.9 Å². The zero-order valence-electron chi connectivity index (χ0n) is 11.3. The van der Waals surface area contributed by atoms with Gasteiger partial charge in [-0.05, 0) is 25.6 Å². The van der Waals surface area contributed by atoms with Crippen molar-refractivity contribution in [2.24, 2.45) is 16.8 Å². The van der Waals surface area contributed by atoms with Gasteiger partial charge >= 0.3 is 0 Å². The smallest absolute Gasteiger partial charge is 0.143 e. The molecule has 5 nitrogen and oxygen atoms in total. The molecule has 0 aliphatic carbocycles. The highest BCUT2D eigenvalue weighted by Crippen LogP contribution is 2.06. The highest BCUT2D eigenvalue weighted by molar-refractivity contribution is 5.82. The summed E-state index contributed by atoms with van der Waals surface area (Å²) in [5, 5.41) is 11.7. The third-order valence-electron chi connectivity index (χ3n) is 2.93. The first-order valence-electron chi connectivity index (χ1n) is 6.19. The van der Waals surface area contributed by atoms with E-state index in [-0.39, 0.29) is 11.8 Å². The zero-order valence-corrected chi connectivity index (χ0v) is 11.3. The summed E-state index contributed by atoms with van der Waals surface area (Å²) in [4.78, 5) is 6.71. The first-order valence-corrected chi connectivity index (χ1v) is 6.19. The molecule has 3 N–H and O–H groups in total. The lowest BCUT2D eigenvalue weighted by molar-refractivity contribution is 0.255. The van der Waals surface area contributed by atoms with Crippen LogP contribution in [0.5, 0.6) is 0 Å². The molecule has 0 spiro atoms. The van der Waals surface area contributed by atoms with Gasteiger partial charge in [0.05, 0.1) is 5.69 Å². The molecule has 0 aromatic carbocycles. The fourth-order valence-corrected chi connectivity index (χ4v) is 1.80. The summed E-state index contributed by atoms with van der Waals surface area (Å²) in [5.74, 6) is 0.297. The van der Waals surface area contributed by atoms with Crippen LogP contribution in [0.25, 0.3) is 0 Å². The third kappa shape index (κ3) is 4.33. The quantitative estimate of drug-likeness (QED) is 0.348. The van der Waals surface area contributed by atoms with E-state index in [2.05, 4.69) is 22.0 Å². The van der Waals surface area contributed by atoms with E-state index in [0.29, 0.717) is 0 Å². The molecule has 0 bridgehead atoms. The van der Waals surface area contributed by atoms with E-state index in [1.54, 1.807) is 0 Å². The van der Waals surface area contributed by atoms with Crippen LogP contribution in [0.1, 0.15) is 25.2 Å². The molecule has 1 atom stereocenters. The fourth-order valence-electron chi connectivity index (χ4n) is 1.80. The van der Waals surface area contributed by atoms with Gasteiger partial charge in [-0.15, -0.1) is 0 Å². The molecule has 5 heteroatoms. The monoisotopic (exact) mass is 250 g/mol. The minimum Gasteiger partial charge on any atom is -0.409 e. The highest BCUT2D eigenvalue weighted by atomic mass is 16.4. The van der Waals surface area contributed by atoms with Crippen molar-refractivity contribution in [1.82, 2.24) is 9.88 Å². The van der Waals surface area contributed by atoms with Gasteiger partial charge in [-0.25, -0.2) is 0 Å². The summed E-state index contributed by atoms with van der Waals surface area (Å²) in [5.41, 5.74) is 7.66. The van der Waals surface area contributed by atoms with Gasteiger partial charge in [-0.3, -0.25) is 9.88 Å². The Balaban J connectivity index is 2.62. The predicted molar refractivity (Wildman–Crippen MR) is 72.5 cm³/mol. The minimum atomic E-state index is 0.0276. The molecular formula is C13H22N4O. The number of rotatable bonds is 6. The number of hydrogen-bond acceptors (Lipinski definition) is 4. The number of pyridine rings is 1. The molecule has 0 saturated carbocycles. The predicted octanol–water partition coefficient (Wildman–Crippen LogP) is 1.59. The van der Waals surface area contributed by atoms with Gasteiger partial charge in [-0.2, -0.15) is 0 Å². The van der Waals surface area contributed by atoms with Gasteiger partial charge in [0.15, 0.2) is 0 Å².